The molecular formula is C29H34. The van der Waals surface area contributed by atoms with E-state index >= 15 is 0 Å². The van der Waals surface area contributed by atoms with Crippen LogP contribution in [0.15, 0.2) is 120 Å². The van der Waals surface area contributed by atoms with E-state index in [9.17, 15) is 0 Å². The van der Waals surface area contributed by atoms with E-state index in [4.69, 9.17) is 0 Å². The molecule has 0 radical (unpaired) electrons. The van der Waals surface area contributed by atoms with Gasteiger partial charge in [-0.2, -0.15) is 0 Å². The van der Waals surface area contributed by atoms with Gasteiger partial charge in [0.2, 0.25) is 0 Å². The average molecular weight is 383 g/mol. The maximum atomic E-state index is 2.41. The summed E-state index contributed by atoms with van der Waals surface area (Å²) in [7, 11) is 0. The van der Waals surface area contributed by atoms with Crippen LogP contribution in [0.3, 0.4) is 0 Å². The van der Waals surface area contributed by atoms with Crippen molar-refractivity contribution in [2.24, 2.45) is 0 Å². The van der Waals surface area contributed by atoms with Crippen LogP contribution in [0.1, 0.15) is 51.7 Å². The Bertz CT molecular complexity index is 835. The molecule has 2 aromatic carbocycles. The van der Waals surface area contributed by atoms with E-state index in [1.165, 1.54) is 22.3 Å². The van der Waals surface area contributed by atoms with Gasteiger partial charge in [-0.3, -0.25) is 0 Å². The molecule has 0 heteroatoms. The van der Waals surface area contributed by atoms with Gasteiger partial charge in [-0.1, -0.05) is 123 Å². The Morgan fingerprint density at radius 3 is 1.83 bits per heavy atom. The number of allylic oxidation sites excluding steroid dienone is 10. The summed E-state index contributed by atoms with van der Waals surface area (Å²) in [6.45, 7) is 8.16. The van der Waals surface area contributed by atoms with Crippen molar-refractivity contribution in [2.45, 2.75) is 46.0 Å². The van der Waals surface area contributed by atoms with Gasteiger partial charge in [-0.15, -0.1) is 0 Å². The van der Waals surface area contributed by atoms with E-state index in [2.05, 4.69) is 123 Å². The van der Waals surface area contributed by atoms with Crippen LogP contribution in [0.5, 0.6) is 0 Å². The van der Waals surface area contributed by atoms with Crippen molar-refractivity contribution in [1.82, 2.24) is 0 Å². The van der Waals surface area contributed by atoms with Crippen LogP contribution >= 0.6 is 0 Å². The first-order valence-electron chi connectivity index (χ1n) is 10.8. The topological polar surface area (TPSA) is 0 Å². The molecule has 0 heterocycles. The zero-order valence-corrected chi connectivity index (χ0v) is 18.3. The van der Waals surface area contributed by atoms with Gasteiger partial charge in [0, 0.05) is 0 Å². The van der Waals surface area contributed by atoms with Gasteiger partial charge in [0.25, 0.3) is 0 Å². The summed E-state index contributed by atoms with van der Waals surface area (Å²) >= 11 is 0. The summed E-state index contributed by atoms with van der Waals surface area (Å²) in [5.74, 6) is 0. The summed E-state index contributed by atoms with van der Waals surface area (Å²) in [6.07, 6.45) is 20.1. The molecule has 0 bridgehead atoms. The molecule has 0 atom stereocenters. The molecule has 150 valence electrons. The second-order valence-corrected chi connectivity index (χ2v) is 6.77. The summed E-state index contributed by atoms with van der Waals surface area (Å²) in [6, 6.07) is 21.8. The Kier molecular flexibility index (Phi) is 9.18. The number of hydrogen-bond acceptors (Lipinski definition) is 0. The Balaban J connectivity index is 0.00000145. The summed E-state index contributed by atoms with van der Waals surface area (Å²) < 4.78 is 0. The molecule has 0 nitrogen and oxygen atoms in total. The van der Waals surface area contributed by atoms with E-state index < -0.39 is 0 Å². The summed E-state index contributed by atoms with van der Waals surface area (Å²) in [5, 5.41) is 0. The normalized spacial score (nSPS) is 14.6. The molecule has 0 saturated carbocycles. The van der Waals surface area contributed by atoms with Crippen molar-refractivity contribution in [3.63, 3.8) is 0 Å². The van der Waals surface area contributed by atoms with Crippen LogP contribution in [-0.4, -0.2) is 0 Å². The highest BCUT2D eigenvalue weighted by Gasteiger charge is 2.39. The predicted octanol–water partition coefficient (Wildman–Crippen LogP) is 8.35. The molecule has 1 aliphatic carbocycles. The first kappa shape index (κ1) is 22.4. The fourth-order valence-corrected chi connectivity index (χ4v) is 3.95. The standard InChI is InChI=1S/C27H28.C2H6/c1-3-5-16-23(15-4-2)27(24-17-9-6-10-18-24,25-19-11-7-12-20-25)26-21-13-8-14-22-26;1-2/h3-7,9-13,15-22H,8,14H2,1-2H3;1-2H3/b5-3-,15-4-,23-16+;. The van der Waals surface area contributed by atoms with Crippen LogP contribution < -0.4 is 0 Å². The highest BCUT2D eigenvalue weighted by atomic mass is 14.4. The molecule has 0 saturated heterocycles. The zero-order valence-electron chi connectivity index (χ0n) is 18.3. The Morgan fingerprint density at radius 2 is 1.38 bits per heavy atom. The molecule has 0 aliphatic heterocycles. The molecule has 29 heavy (non-hydrogen) atoms. The fraction of sp³-hybridized carbons (Fsp3) is 0.241. The molecule has 0 fully saturated rings. The lowest BCUT2D eigenvalue weighted by atomic mass is 9.63. The summed E-state index contributed by atoms with van der Waals surface area (Å²) in [5.41, 5.74) is 4.88. The third-order valence-corrected chi connectivity index (χ3v) is 5.09. The molecule has 0 amide bonds. The second kappa shape index (κ2) is 11.9. The van der Waals surface area contributed by atoms with Crippen LogP contribution in [0.25, 0.3) is 0 Å². The highest BCUT2D eigenvalue weighted by Crippen LogP contribution is 2.47. The molecule has 0 aromatic heterocycles. The Labute approximate surface area is 177 Å². The average Bonchev–Trinajstić information content (AvgIpc) is 2.81. The van der Waals surface area contributed by atoms with Crippen molar-refractivity contribution in [3.05, 3.63) is 132 Å². The van der Waals surface area contributed by atoms with Crippen molar-refractivity contribution in [2.75, 3.05) is 0 Å². The van der Waals surface area contributed by atoms with Crippen LogP contribution in [0.4, 0.5) is 0 Å². The van der Waals surface area contributed by atoms with Crippen molar-refractivity contribution in [1.29, 1.82) is 0 Å². The van der Waals surface area contributed by atoms with Crippen molar-refractivity contribution in [3.8, 4) is 0 Å². The van der Waals surface area contributed by atoms with E-state index in [-0.39, 0.29) is 5.41 Å². The SMILES string of the molecule is CC.C\C=C/C=C(\C=C/C)C(C1=CCCC=C1)(c1ccccc1)c1ccccc1. The van der Waals surface area contributed by atoms with Gasteiger partial charge < -0.3 is 0 Å². The first-order chi connectivity index (χ1) is 14.3. The van der Waals surface area contributed by atoms with E-state index in [0.29, 0.717) is 0 Å². The monoisotopic (exact) mass is 382 g/mol. The van der Waals surface area contributed by atoms with Crippen LogP contribution in [0.2, 0.25) is 0 Å². The van der Waals surface area contributed by atoms with Crippen molar-refractivity contribution < 1.29 is 0 Å². The minimum atomic E-state index is -0.328. The lowest BCUT2D eigenvalue weighted by molar-refractivity contribution is 0.729. The third-order valence-electron chi connectivity index (χ3n) is 5.09. The number of rotatable bonds is 6. The van der Waals surface area contributed by atoms with E-state index in [1.807, 2.05) is 13.8 Å². The predicted molar refractivity (Wildman–Crippen MR) is 129 cm³/mol. The summed E-state index contributed by atoms with van der Waals surface area (Å²) in [4.78, 5) is 0. The quantitative estimate of drug-likeness (QED) is 0.440. The van der Waals surface area contributed by atoms with Crippen LogP contribution in [-0.2, 0) is 5.41 Å². The Hall–Kier alpha value is -2.86. The maximum Gasteiger partial charge on any atom is 0.0698 e. The zero-order chi connectivity index (χ0) is 21.0. The lowest BCUT2D eigenvalue weighted by Crippen LogP contribution is -2.32. The molecule has 2 aromatic rings. The molecule has 1 aliphatic rings. The third kappa shape index (κ3) is 4.95. The minimum Gasteiger partial charge on any atom is -0.0877 e. The molecule has 0 spiro atoms. The van der Waals surface area contributed by atoms with Gasteiger partial charge in [-0.05, 0) is 49.0 Å². The molecular weight excluding hydrogens is 348 g/mol. The molecule has 0 unspecified atom stereocenters. The lowest BCUT2D eigenvalue weighted by Gasteiger charge is -2.39. The van der Waals surface area contributed by atoms with Crippen LogP contribution in [0, 0.1) is 0 Å². The maximum absolute atomic E-state index is 2.41. The Morgan fingerprint density at radius 1 is 0.793 bits per heavy atom. The van der Waals surface area contributed by atoms with E-state index in [0.717, 1.165) is 12.8 Å². The largest absolute Gasteiger partial charge is 0.0877 e. The molecule has 0 N–H and O–H groups in total. The fourth-order valence-electron chi connectivity index (χ4n) is 3.95. The smallest absolute Gasteiger partial charge is 0.0698 e. The van der Waals surface area contributed by atoms with Gasteiger partial charge >= 0.3 is 0 Å². The van der Waals surface area contributed by atoms with E-state index in [1.54, 1.807) is 0 Å². The highest BCUT2D eigenvalue weighted by molar-refractivity contribution is 5.63. The van der Waals surface area contributed by atoms with Gasteiger partial charge in [0.05, 0.1) is 5.41 Å². The first-order valence-corrected chi connectivity index (χ1v) is 10.8. The van der Waals surface area contributed by atoms with Crippen molar-refractivity contribution >= 4 is 0 Å². The molecule has 3 rings (SSSR count). The minimum absolute atomic E-state index is 0.328. The van der Waals surface area contributed by atoms with Gasteiger partial charge in [0.15, 0.2) is 0 Å². The second-order valence-electron chi connectivity index (χ2n) is 6.77. The number of benzene rings is 2. The number of hydrogen-bond donors (Lipinski definition) is 0. The van der Waals surface area contributed by atoms with Gasteiger partial charge in [-0.25, -0.2) is 0 Å². The van der Waals surface area contributed by atoms with Gasteiger partial charge in [0.1, 0.15) is 0 Å².